The lowest BCUT2D eigenvalue weighted by atomic mass is 9.69. The van der Waals surface area contributed by atoms with Crippen molar-refractivity contribution in [2.24, 2.45) is 0 Å². The van der Waals surface area contributed by atoms with Gasteiger partial charge in [0.2, 0.25) is 0 Å². The second-order valence-electron chi connectivity index (χ2n) is 5.11. The molecule has 0 heteroatoms. The van der Waals surface area contributed by atoms with Crippen LogP contribution in [0.25, 0.3) is 0 Å². The highest BCUT2D eigenvalue weighted by Crippen LogP contribution is 2.39. The molecule has 3 rings (SSSR count). The fraction of sp³-hybridized carbons (Fsp3) is 0.0476. The van der Waals surface area contributed by atoms with Crippen LogP contribution in [-0.2, 0) is 5.41 Å². The fourth-order valence-electron chi connectivity index (χ4n) is 2.96. The van der Waals surface area contributed by atoms with E-state index < -0.39 is 0 Å². The van der Waals surface area contributed by atoms with Crippen LogP contribution >= 0.6 is 0 Å². The number of hydrogen-bond donors (Lipinski definition) is 0. The number of benzene rings is 3. The molecule has 3 aromatic rings. The first kappa shape index (κ1) is 13.4. The van der Waals surface area contributed by atoms with Gasteiger partial charge in [-0.2, -0.15) is 0 Å². The number of allylic oxidation sites excluding steroid dienone is 1. The first-order chi connectivity index (χ1) is 10.4. The van der Waals surface area contributed by atoms with Crippen LogP contribution in [0.15, 0.2) is 104 Å². The number of rotatable bonds is 4. The van der Waals surface area contributed by atoms with E-state index in [1.165, 1.54) is 16.7 Å². The maximum Gasteiger partial charge on any atom is 0.0629 e. The molecule has 0 aromatic heterocycles. The van der Waals surface area contributed by atoms with Crippen molar-refractivity contribution >= 4 is 0 Å². The SMILES string of the molecule is C=CC(c1ccccc1)(c1ccccc1)c1ccccc1. The summed E-state index contributed by atoms with van der Waals surface area (Å²) in [6.45, 7) is 4.16. The van der Waals surface area contributed by atoms with Crippen molar-refractivity contribution in [2.45, 2.75) is 5.41 Å². The fourth-order valence-corrected chi connectivity index (χ4v) is 2.96. The molecule has 0 aliphatic heterocycles. The molecule has 0 spiro atoms. The van der Waals surface area contributed by atoms with Crippen molar-refractivity contribution in [3.05, 3.63) is 120 Å². The Hall–Kier alpha value is -2.60. The third-order valence-electron chi connectivity index (χ3n) is 3.99. The van der Waals surface area contributed by atoms with Crippen LogP contribution in [0.4, 0.5) is 0 Å². The third kappa shape index (κ3) is 2.30. The number of hydrogen-bond acceptors (Lipinski definition) is 0. The smallest absolute Gasteiger partial charge is 0.0629 e. The molecule has 0 nitrogen and oxygen atoms in total. The highest BCUT2D eigenvalue weighted by atomic mass is 14.3. The molecule has 21 heavy (non-hydrogen) atoms. The molecule has 0 aliphatic carbocycles. The predicted molar refractivity (Wildman–Crippen MR) is 89.4 cm³/mol. The molecule has 0 aliphatic rings. The summed E-state index contributed by atoms with van der Waals surface area (Å²) < 4.78 is 0. The van der Waals surface area contributed by atoms with Crippen molar-refractivity contribution in [3.8, 4) is 0 Å². The standard InChI is InChI=1S/C21H18/c1-2-21(18-12-6-3-7-13-18,19-14-8-4-9-15-19)20-16-10-5-11-17-20/h2-17H,1H2. The molecular formula is C21H18. The van der Waals surface area contributed by atoms with Crippen molar-refractivity contribution in [2.75, 3.05) is 0 Å². The topological polar surface area (TPSA) is 0 Å². The zero-order valence-corrected chi connectivity index (χ0v) is 11.9. The Labute approximate surface area is 126 Å². The summed E-state index contributed by atoms with van der Waals surface area (Å²) >= 11 is 0. The first-order valence-corrected chi connectivity index (χ1v) is 7.18. The molecule has 0 amide bonds. The molecule has 0 fully saturated rings. The summed E-state index contributed by atoms with van der Waals surface area (Å²) in [5, 5.41) is 0. The average Bonchev–Trinajstić information content (AvgIpc) is 2.59. The van der Waals surface area contributed by atoms with Gasteiger partial charge in [0.15, 0.2) is 0 Å². The van der Waals surface area contributed by atoms with Crippen LogP contribution in [0.3, 0.4) is 0 Å². The van der Waals surface area contributed by atoms with E-state index in [4.69, 9.17) is 0 Å². The normalized spacial score (nSPS) is 11.0. The summed E-state index contributed by atoms with van der Waals surface area (Å²) in [7, 11) is 0. The Morgan fingerprint density at radius 2 is 0.810 bits per heavy atom. The van der Waals surface area contributed by atoms with Crippen LogP contribution < -0.4 is 0 Å². The van der Waals surface area contributed by atoms with Gasteiger partial charge < -0.3 is 0 Å². The quantitative estimate of drug-likeness (QED) is 0.451. The zero-order chi connectivity index (χ0) is 14.5. The summed E-state index contributed by atoms with van der Waals surface area (Å²) in [5.74, 6) is 0. The van der Waals surface area contributed by atoms with E-state index >= 15 is 0 Å². The second-order valence-corrected chi connectivity index (χ2v) is 5.11. The molecule has 3 aromatic carbocycles. The lowest BCUT2D eigenvalue weighted by Gasteiger charge is -2.32. The summed E-state index contributed by atoms with van der Waals surface area (Å²) in [5.41, 5.74) is 3.39. The first-order valence-electron chi connectivity index (χ1n) is 7.18. The maximum absolute atomic E-state index is 4.16. The third-order valence-corrected chi connectivity index (χ3v) is 3.99. The average molecular weight is 270 g/mol. The Morgan fingerprint density at radius 3 is 1.05 bits per heavy atom. The van der Waals surface area contributed by atoms with Gasteiger partial charge in [0.1, 0.15) is 0 Å². The van der Waals surface area contributed by atoms with Crippen molar-refractivity contribution in [1.82, 2.24) is 0 Å². The van der Waals surface area contributed by atoms with Crippen LogP contribution in [0.5, 0.6) is 0 Å². The Balaban J connectivity index is 2.31. The molecule has 0 saturated heterocycles. The van der Waals surface area contributed by atoms with E-state index in [-0.39, 0.29) is 5.41 Å². The van der Waals surface area contributed by atoms with Crippen molar-refractivity contribution < 1.29 is 0 Å². The van der Waals surface area contributed by atoms with E-state index in [2.05, 4.69) is 79.4 Å². The van der Waals surface area contributed by atoms with Crippen molar-refractivity contribution in [3.63, 3.8) is 0 Å². The molecule has 0 unspecified atom stereocenters. The summed E-state index contributed by atoms with van der Waals surface area (Å²) in [6.07, 6.45) is 2.05. The van der Waals surface area contributed by atoms with Crippen LogP contribution in [-0.4, -0.2) is 0 Å². The highest BCUT2D eigenvalue weighted by Gasteiger charge is 2.32. The van der Waals surface area contributed by atoms with Gasteiger partial charge in [-0.25, -0.2) is 0 Å². The van der Waals surface area contributed by atoms with Crippen LogP contribution in [0.1, 0.15) is 16.7 Å². The largest absolute Gasteiger partial charge is 0.102 e. The van der Waals surface area contributed by atoms with Gasteiger partial charge >= 0.3 is 0 Å². The van der Waals surface area contributed by atoms with E-state index in [9.17, 15) is 0 Å². The molecule has 0 N–H and O–H groups in total. The summed E-state index contributed by atoms with van der Waals surface area (Å²) in [4.78, 5) is 0. The van der Waals surface area contributed by atoms with E-state index in [1.807, 2.05) is 24.3 Å². The maximum atomic E-state index is 4.16. The van der Waals surface area contributed by atoms with Gasteiger partial charge in [-0.1, -0.05) is 97.1 Å². The lowest BCUT2D eigenvalue weighted by Crippen LogP contribution is -2.26. The molecule has 0 radical (unpaired) electrons. The molecule has 102 valence electrons. The predicted octanol–water partition coefficient (Wildman–Crippen LogP) is 5.21. The minimum Gasteiger partial charge on any atom is -0.102 e. The highest BCUT2D eigenvalue weighted by molar-refractivity contribution is 5.54. The van der Waals surface area contributed by atoms with Gasteiger partial charge in [0.25, 0.3) is 0 Å². The molecule has 0 bridgehead atoms. The van der Waals surface area contributed by atoms with Gasteiger partial charge in [-0.3, -0.25) is 0 Å². The van der Waals surface area contributed by atoms with Crippen molar-refractivity contribution in [1.29, 1.82) is 0 Å². The van der Waals surface area contributed by atoms with Gasteiger partial charge in [-0.05, 0) is 16.7 Å². The molecule has 0 heterocycles. The zero-order valence-electron chi connectivity index (χ0n) is 11.9. The van der Waals surface area contributed by atoms with E-state index in [0.717, 1.165) is 0 Å². The van der Waals surface area contributed by atoms with Gasteiger partial charge in [-0.15, -0.1) is 6.58 Å². The Bertz CT molecular complexity index is 600. The lowest BCUT2D eigenvalue weighted by molar-refractivity contribution is 0.781. The Kier molecular flexibility index (Phi) is 3.70. The minimum absolute atomic E-state index is 0.316. The second kappa shape index (κ2) is 5.80. The molecular weight excluding hydrogens is 252 g/mol. The minimum atomic E-state index is -0.316. The van der Waals surface area contributed by atoms with E-state index in [1.54, 1.807) is 0 Å². The summed E-state index contributed by atoms with van der Waals surface area (Å²) in [6, 6.07) is 31.7. The van der Waals surface area contributed by atoms with Crippen LogP contribution in [0.2, 0.25) is 0 Å². The molecule has 0 saturated carbocycles. The van der Waals surface area contributed by atoms with Crippen LogP contribution in [0, 0.1) is 0 Å². The monoisotopic (exact) mass is 270 g/mol. The van der Waals surface area contributed by atoms with E-state index in [0.29, 0.717) is 0 Å². The van der Waals surface area contributed by atoms with Gasteiger partial charge in [0.05, 0.1) is 5.41 Å². The van der Waals surface area contributed by atoms with Gasteiger partial charge in [0, 0.05) is 0 Å². The molecule has 0 atom stereocenters. The Morgan fingerprint density at radius 1 is 0.524 bits per heavy atom.